The predicted molar refractivity (Wildman–Crippen MR) is 100 cm³/mol. The minimum Gasteiger partial charge on any atom is -0.339 e. The van der Waals surface area contributed by atoms with Gasteiger partial charge in [-0.15, -0.1) is 0 Å². The Morgan fingerprint density at radius 3 is 2.24 bits per heavy atom. The molecule has 3 rings (SSSR count). The molecule has 25 heavy (non-hydrogen) atoms. The van der Waals surface area contributed by atoms with E-state index in [-0.39, 0.29) is 11.8 Å². The fourth-order valence-electron chi connectivity index (χ4n) is 3.26. The fraction of sp³-hybridized carbons (Fsp3) is 0.333. The summed E-state index contributed by atoms with van der Waals surface area (Å²) in [5.41, 5.74) is 4.95. The van der Waals surface area contributed by atoms with Gasteiger partial charge in [-0.3, -0.25) is 9.59 Å². The van der Waals surface area contributed by atoms with Crippen molar-refractivity contribution in [1.29, 1.82) is 0 Å². The van der Waals surface area contributed by atoms with Gasteiger partial charge in [0.1, 0.15) is 0 Å². The van der Waals surface area contributed by atoms with Crippen LogP contribution in [0, 0.1) is 20.8 Å². The SMILES string of the molecule is Cc1cc(C)c(C(=O)Nc2ccccc2C(=O)N2CCCC2)cc1C. The average Bonchev–Trinajstić information content (AvgIpc) is 3.12. The van der Waals surface area contributed by atoms with Gasteiger partial charge in [0.25, 0.3) is 11.8 Å². The lowest BCUT2D eigenvalue weighted by atomic mass is 10.00. The first kappa shape index (κ1) is 17.2. The third-order valence-corrected chi connectivity index (χ3v) is 4.88. The Morgan fingerprint density at radius 2 is 1.52 bits per heavy atom. The van der Waals surface area contributed by atoms with Gasteiger partial charge in [-0.2, -0.15) is 0 Å². The van der Waals surface area contributed by atoms with Gasteiger partial charge in [0.05, 0.1) is 11.3 Å². The monoisotopic (exact) mass is 336 g/mol. The molecule has 0 radical (unpaired) electrons. The standard InChI is InChI=1S/C21H24N2O2/c1-14-12-16(3)18(13-15(14)2)20(24)22-19-9-5-4-8-17(19)21(25)23-10-6-7-11-23/h4-5,8-9,12-13H,6-7,10-11H2,1-3H3,(H,22,24). The molecule has 0 saturated carbocycles. The zero-order valence-electron chi connectivity index (χ0n) is 15.1. The molecule has 1 N–H and O–H groups in total. The van der Waals surface area contributed by atoms with Gasteiger partial charge in [0.2, 0.25) is 0 Å². The lowest BCUT2D eigenvalue weighted by Gasteiger charge is -2.18. The van der Waals surface area contributed by atoms with Crippen molar-refractivity contribution in [1.82, 2.24) is 4.90 Å². The average molecular weight is 336 g/mol. The smallest absolute Gasteiger partial charge is 0.255 e. The molecular weight excluding hydrogens is 312 g/mol. The molecule has 4 heteroatoms. The number of amides is 2. The maximum atomic E-state index is 12.8. The largest absolute Gasteiger partial charge is 0.339 e. The molecule has 2 aromatic rings. The first-order valence-corrected chi connectivity index (χ1v) is 8.75. The van der Waals surface area contributed by atoms with Crippen LogP contribution in [0.1, 0.15) is 50.2 Å². The highest BCUT2D eigenvalue weighted by atomic mass is 16.2. The van der Waals surface area contributed by atoms with E-state index in [2.05, 4.69) is 5.32 Å². The molecule has 1 aliphatic heterocycles. The first-order chi connectivity index (χ1) is 12.0. The van der Waals surface area contributed by atoms with Crippen LogP contribution in [0.3, 0.4) is 0 Å². The maximum absolute atomic E-state index is 12.8. The summed E-state index contributed by atoms with van der Waals surface area (Å²) in [7, 11) is 0. The second-order valence-corrected chi connectivity index (χ2v) is 6.75. The third-order valence-electron chi connectivity index (χ3n) is 4.88. The third kappa shape index (κ3) is 3.58. The Morgan fingerprint density at radius 1 is 0.880 bits per heavy atom. The van der Waals surface area contributed by atoms with Gasteiger partial charge in [0.15, 0.2) is 0 Å². The molecule has 2 amide bonds. The molecule has 1 heterocycles. The van der Waals surface area contributed by atoms with Crippen molar-refractivity contribution in [2.24, 2.45) is 0 Å². The van der Waals surface area contributed by atoms with Crippen LogP contribution in [-0.4, -0.2) is 29.8 Å². The highest BCUT2D eigenvalue weighted by Gasteiger charge is 2.22. The molecule has 130 valence electrons. The first-order valence-electron chi connectivity index (χ1n) is 8.75. The second kappa shape index (κ2) is 7.09. The van der Waals surface area contributed by atoms with Gasteiger partial charge < -0.3 is 10.2 Å². The van der Waals surface area contributed by atoms with E-state index in [1.807, 2.05) is 49.9 Å². The lowest BCUT2D eigenvalue weighted by Crippen LogP contribution is -2.28. The maximum Gasteiger partial charge on any atom is 0.255 e. The molecule has 0 atom stereocenters. The molecule has 4 nitrogen and oxygen atoms in total. The number of benzene rings is 2. The number of nitrogens with one attached hydrogen (secondary N) is 1. The Balaban J connectivity index is 1.87. The van der Waals surface area contributed by atoms with E-state index in [1.54, 1.807) is 12.1 Å². The van der Waals surface area contributed by atoms with Crippen LogP contribution < -0.4 is 5.32 Å². The molecule has 1 aliphatic rings. The van der Waals surface area contributed by atoms with Gasteiger partial charge >= 0.3 is 0 Å². The number of aryl methyl sites for hydroxylation is 3. The van der Waals surface area contributed by atoms with E-state index in [4.69, 9.17) is 0 Å². The van der Waals surface area contributed by atoms with Gasteiger partial charge in [0, 0.05) is 18.7 Å². The van der Waals surface area contributed by atoms with Gasteiger partial charge in [-0.1, -0.05) is 18.2 Å². The Hall–Kier alpha value is -2.62. The quantitative estimate of drug-likeness (QED) is 0.917. The van der Waals surface area contributed by atoms with Gasteiger partial charge in [-0.05, 0) is 68.5 Å². The number of nitrogens with zero attached hydrogens (tertiary/aromatic N) is 1. The van der Waals surface area contributed by atoms with E-state index in [9.17, 15) is 9.59 Å². The van der Waals surface area contributed by atoms with Crippen LogP contribution in [0.2, 0.25) is 0 Å². The number of carbonyl (C=O) groups is 2. The molecule has 0 aromatic heterocycles. The Labute approximate surface area is 148 Å². The second-order valence-electron chi connectivity index (χ2n) is 6.75. The zero-order chi connectivity index (χ0) is 18.0. The number of carbonyl (C=O) groups excluding carboxylic acids is 2. The number of hydrogen-bond acceptors (Lipinski definition) is 2. The van der Waals surface area contributed by atoms with Gasteiger partial charge in [-0.25, -0.2) is 0 Å². The van der Waals surface area contributed by atoms with E-state index in [0.29, 0.717) is 16.8 Å². The molecule has 2 aromatic carbocycles. The molecule has 0 aliphatic carbocycles. The number of anilines is 1. The van der Waals surface area contributed by atoms with Crippen molar-refractivity contribution in [3.8, 4) is 0 Å². The molecular formula is C21H24N2O2. The summed E-state index contributed by atoms with van der Waals surface area (Å²) in [5.74, 6) is -0.188. The van der Waals surface area contributed by atoms with Crippen LogP contribution in [0.15, 0.2) is 36.4 Å². The summed E-state index contributed by atoms with van der Waals surface area (Å²) < 4.78 is 0. The lowest BCUT2D eigenvalue weighted by molar-refractivity contribution is 0.0794. The summed E-state index contributed by atoms with van der Waals surface area (Å²) in [6, 6.07) is 11.2. The Kier molecular flexibility index (Phi) is 4.88. The highest BCUT2D eigenvalue weighted by Crippen LogP contribution is 2.22. The molecule has 1 fully saturated rings. The van der Waals surface area contributed by atoms with E-state index in [1.165, 1.54) is 5.56 Å². The fourth-order valence-corrected chi connectivity index (χ4v) is 3.26. The summed E-state index contributed by atoms with van der Waals surface area (Å²) >= 11 is 0. The summed E-state index contributed by atoms with van der Waals surface area (Å²) in [6.45, 7) is 7.54. The van der Waals surface area contributed by atoms with Crippen LogP contribution in [-0.2, 0) is 0 Å². The number of para-hydroxylation sites is 1. The number of hydrogen-bond donors (Lipinski definition) is 1. The minimum atomic E-state index is -0.178. The molecule has 0 bridgehead atoms. The predicted octanol–water partition coefficient (Wildman–Crippen LogP) is 4.10. The number of likely N-dealkylation sites (tertiary alicyclic amines) is 1. The minimum absolute atomic E-state index is 0.00907. The summed E-state index contributed by atoms with van der Waals surface area (Å²) in [4.78, 5) is 27.3. The number of rotatable bonds is 3. The van der Waals surface area contributed by atoms with Crippen molar-refractivity contribution in [2.45, 2.75) is 33.6 Å². The Bertz CT molecular complexity index is 821. The van der Waals surface area contributed by atoms with Crippen molar-refractivity contribution < 1.29 is 9.59 Å². The highest BCUT2D eigenvalue weighted by molar-refractivity contribution is 6.09. The normalized spacial score (nSPS) is 13.8. The summed E-state index contributed by atoms with van der Waals surface area (Å²) in [5, 5.41) is 2.93. The van der Waals surface area contributed by atoms with E-state index in [0.717, 1.165) is 37.1 Å². The van der Waals surface area contributed by atoms with Crippen LogP contribution >= 0.6 is 0 Å². The topological polar surface area (TPSA) is 49.4 Å². The summed E-state index contributed by atoms with van der Waals surface area (Å²) in [6.07, 6.45) is 2.09. The zero-order valence-corrected chi connectivity index (χ0v) is 15.1. The van der Waals surface area contributed by atoms with Crippen molar-refractivity contribution >= 4 is 17.5 Å². The van der Waals surface area contributed by atoms with Crippen LogP contribution in [0.4, 0.5) is 5.69 Å². The van der Waals surface area contributed by atoms with Crippen molar-refractivity contribution in [2.75, 3.05) is 18.4 Å². The van der Waals surface area contributed by atoms with E-state index < -0.39 is 0 Å². The van der Waals surface area contributed by atoms with Crippen LogP contribution in [0.5, 0.6) is 0 Å². The van der Waals surface area contributed by atoms with Crippen molar-refractivity contribution in [3.63, 3.8) is 0 Å². The molecule has 0 spiro atoms. The van der Waals surface area contributed by atoms with Crippen molar-refractivity contribution in [3.05, 3.63) is 64.2 Å². The van der Waals surface area contributed by atoms with E-state index >= 15 is 0 Å². The van der Waals surface area contributed by atoms with Crippen LogP contribution in [0.25, 0.3) is 0 Å². The molecule has 1 saturated heterocycles. The molecule has 0 unspecified atom stereocenters.